The summed E-state index contributed by atoms with van der Waals surface area (Å²) < 4.78 is 4.78. The predicted octanol–water partition coefficient (Wildman–Crippen LogP) is 1.22. The molecule has 0 saturated carbocycles. The van der Waals surface area contributed by atoms with Crippen LogP contribution in [-0.4, -0.2) is 25.2 Å². The molecule has 1 N–H and O–H groups in total. The van der Waals surface area contributed by atoms with Gasteiger partial charge in [0.1, 0.15) is 0 Å². The molecular formula is C10H18N2O2. The van der Waals surface area contributed by atoms with Crippen LogP contribution in [0.2, 0.25) is 0 Å². The van der Waals surface area contributed by atoms with E-state index in [-0.39, 0.29) is 12.0 Å². The van der Waals surface area contributed by atoms with Gasteiger partial charge in [-0.1, -0.05) is 0 Å². The molecule has 0 bridgehead atoms. The zero-order valence-electron chi connectivity index (χ0n) is 8.88. The third-order valence-electron chi connectivity index (χ3n) is 1.75. The molecular weight excluding hydrogens is 180 g/mol. The molecule has 0 saturated heterocycles. The van der Waals surface area contributed by atoms with Crippen LogP contribution in [0, 0.1) is 11.3 Å². The molecule has 4 nitrogen and oxygen atoms in total. The van der Waals surface area contributed by atoms with Crippen LogP contribution in [0.4, 0.5) is 0 Å². The lowest BCUT2D eigenvalue weighted by molar-refractivity contribution is -0.143. The second-order valence-electron chi connectivity index (χ2n) is 3.13. The van der Waals surface area contributed by atoms with E-state index in [1.54, 1.807) is 6.92 Å². The molecule has 80 valence electrons. The summed E-state index contributed by atoms with van der Waals surface area (Å²) in [5.74, 6) is -0.151. The van der Waals surface area contributed by atoms with Crippen molar-refractivity contribution in [1.82, 2.24) is 5.32 Å². The summed E-state index contributed by atoms with van der Waals surface area (Å²) in [6, 6.07) is 2.28. The molecule has 0 radical (unpaired) electrons. The van der Waals surface area contributed by atoms with Gasteiger partial charge in [-0.25, -0.2) is 0 Å². The summed E-state index contributed by atoms with van der Waals surface area (Å²) in [6.07, 6.45) is 1.70. The minimum absolute atomic E-state index is 0.151. The molecule has 0 unspecified atom stereocenters. The number of esters is 1. The normalized spacial score (nSPS) is 11.8. The number of nitrogens with one attached hydrogen (secondary N) is 1. The zero-order valence-corrected chi connectivity index (χ0v) is 8.88. The average Bonchev–Trinajstić information content (AvgIpc) is 2.13. The van der Waals surface area contributed by atoms with Crippen LogP contribution in [-0.2, 0) is 9.53 Å². The second-order valence-corrected chi connectivity index (χ2v) is 3.13. The number of nitrogens with zero attached hydrogens (tertiary/aromatic N) is 1. The molecule has 0 fully saturated rings. The Morgan fingerprint density at radius 3 is 2.93 bits per heavy atom. The first-order valence-electron chi connectivity index (χ1n) is 4.96. The molecule has 0 aliphatic heterocycles. The lowest BCUT2D eigenvalue weighted by Crippen LogP contribution is -2.26. The summed E-state index contributed by atoms with van der Waals surface area (Å²) in [6.45, 7) is 4.94. The number of hydrogen-bond acceptors (Lipinski definition) is 4. The Labute approximate surface area is 85.2 Å². The van der Waals surface area contributed by atoms with E-state index in [2.05, 4.69) is 11.4 Å². The van der Waals surface area contributed by atoms with Gasteiger partial charge in [0.25, 0.3) is 0 Å². The van der Waals surface area contributed by atoms with Crippen LogP contribution < -0.4 is 5.32 Å². The predicted molar refractivity (Wildman–Crippen MR) is 53.6 cm³/mol. The topological polar surface area (TPSA) is 62.1 Å². The van der Waals surface area contributed by atoms with Crippen molar-refractivity contribution in [2.45, 2.75) is 39.2 Å². The van der Waals surface area contributed by atoms with Crippen molar-refractivity contribution in [3.8, 4) is 6.07 Å². The standard InChI is InChI=1S/C10H18N2O2/c1-3-14-10(13)5-4-8-12-9(2)6-7-11/h9,12H,3-6,8H2,1-2H3/t9-/m0/s1. The van der Waals surface area contributed by atoms with Crippen molar-refractivity contribution in [3.63, 3.8) is 0 Å². The Kier molecular flexibility index (Phi) is 7.86. The second kappa shape index (κ2) is 8.52. The van der Waals surface area contributed by atoms with Crippen molar-refractivity contribution in [2.24, 2.45) is 0 Å². The van der Waals surface area contributed by atoms with Crippen molar-refractivity contribution in [2.75, 3.05) is 13.2 Å². The molecule has 0 rings (SSSR count). The van der Waals surface area contributed by atoms with E-state index in [9.17, 15) is 4.79 Å². The van der Waals surface area contributed by atoms with Gasteiger partial charge < -0.3 is 10.1 Å². The molecule has 0 amide bonds. The molecule has 0 aliphatic rings. The Hall–Kier alpha value is -1.08. The SMILES string of the molecule is CCOC(=O)CCCN[C@@H](C)CC#N. The first-order chi connectivity index (χ1) is 6.70. The highest BCUT2D eigenvalue weighted by atomic mass is 16.5. The van der Waals surface area contributed by atoms with E-state index in [0.29, 0.717) is 19.4 Å². The van der Waals surface area contributed by atoms with Gasteiger partial charge in [-0.2, -0.15) is 5.26 Å². The molecule has 0 aromatic heterocycles. The number of carbonyl (C=O) groups is 1. The monoisotopic (exact) mass is 198 g/mol. The number of nitriles is 1. The molecule has 0 aromatic carbocycles. The van der Waals surface area contributed by atoms with Gasteiger partial charge in [0.2, 0.25) is 0 Å². The highest BCUT2D eigenvalue weighted by Gasteiger charge is 2.02. The van der Waals surface area contributed by atoms with Crippen molar-refractivity contribution < 1.29 is 9.53 Å². The zero-order chi connectivity index (χ0) is 10.8. The summed E-state index contributed by atoms with van der Waals surface area (Å²) in [7, 11) is 0. The van der Waals surface area contributed by atoms with Crippen molar-refractivity contribution in [3.05, 3.63) is 0 Å². The van der Waals surface area contributed by atoms with E-state index in [1.165, 1.54) is 0 Å². The van der Waals surface area contributed by atoms with Gasteiger partial charge in [0.05, 0.1) is 19.1 Å². The lowest BCUT2D eigenvalue weighted by atomic mass is 10.2. The van der Waals surface area contributed by atoms with Crippen LogP contribution in [0.15, 0.2) is 0 Å². The molecule has 0 heterocycles. The van der Waals surface area contributed by atoms with E-state index in [1.807, 2.05) is 6.92 Å². The molecule has 0 aliphatic carbocycles. The minimum atomic E-state index is -0.151. The smallest absolute Gasteiger partial charge is 0.305 e. The van der Waals surface area contributed by atoms with Gasteiger partial charge >= 0.3 is 5.97 Å². The molecule has 4 heteroatoms. The maximum absolute atomic E-state index is 10.9. The summed E-state index contributed by atoms with van der Waals surface area (Å²) in [5, 5.41) is 11.5. The van der Waals surface area contributed by atoms with E-state index < -0.39 is 0 Å². The Bertz CT molecular complexity index is 199. The van der Waals surface area contributed by atoms with Crippen molar-refractivity contribution in [1.29, 1.82) is 5.26 Å². The minimum Gasteiger partial charge on any atom is -0.466 e. The summed E-state index contributed by atoms with van der Waals surface area (Å²) in [5.41, 5.74) is 0. The molecule has 0 spiro atoms. The third kappa shape index (κ3) is 7.56. The maximum Gasteiger partial charge on any atom is 0.305 e. The fourth-order valence-corrected chi connectivity index (χ4v) is 1.02. The van der Waals surface area contributed by atoms with E-state index in [4.69, 9.17) is 10.00 Å². The van der Waals surface area contributed by atoms with Gasteiger partial charge in [-0.05, 0) is 26.8 Å². The highest BCUT2D eigenvalue weighted by molar-refractivity contribution is 5.69. The van der Waals surface area contributed by atoms with Gasteiger partial charge in [0.15, 0.2) is 0 Å². The fourth-order valence-electron chi connectivity index (χ4n) is 1.02. The number of hydrogen-bond donors (Lipinski definition) is 1. The van der Waals surface area contributed by atoms with Crippen molar-refractivity contribution >= 4 is 5.97 Å². The van der Waals surface area contributed by atoms with Gasteiger partial charge in [-0.3, -0.25) is 4.79 Å². The van der Waals surface area contributed by atoms with Gasteiger partial charge in [-0.15, -0.1) is 0 Å². The van der Waals surface area contributed by atoms with Crippen LogP contribution in [0.25, 0.3) is 0 Å². The highest BCUT2D eigenvalue weighted by Crippen LogP contribution is 1.93. The average molecular weight is 198 g/mol. The Morgan fingerprint density at radius 1 is 1.64 bits per heavy atom. The number of rotatable bonds is 7. The third-order valence-corrected chi connectivity index (χ3v) is 1.75. The maximum atomic E-state index is 10.9. The van der Waals surface area contributed by atoms with Crippen LogP contribution in [0.5, 0.6) is 0 Å². The number of carbonyl (C=O) groups excluding carboxylic acids is 1. The number of ether oxygens (including phenoxy) is 1. The molecule has 0 aromatic rings. The summed E-state index contributed by atoms with van der Waals surface area (Å²) >= 11 is 0. The Morgan fingerprint density at radius 2 is 2.36 bits per heavy atom. The fraction of sp³-hybridized carbons (Fsp3) is 0.800. The van der Waals surface area contributed by atoms with Crippen LogP contribution in [0.3, 0.4) is 0 Å². The first kappa shape index (κ1) is 12.9. The van der Waals surface area contributed by atoms with E-state index in [0.717, 1.165) is 13.0 Å². The van der Waals surface area contributed by atoms with Crippen LogP contribution in [0.1, 0.15) is 33.1 Å². The quantitative estimate of drug-likeness (QED) is 0.493. The van der Waals surface area contributed by atoms with Crippen LogP contribution >= 0.6 is 0 Å². The Balaban J connectivity index is 3.29. The first-order valence-corrected chi connectivity index (χ1v) is 4.96. The molecule has 1 atom stereocenters. The largest absolute Gasteiger partial charge is 0.466 e. The summed E-state index contributed by atoms with van der Waals surface area (Å²) in [4.78, 5) is 10.9. The lowest BCUT2D eigenvalue weighted by Gasteiger charge is -2.09. The van der Waals surface area contributed by atoms with Gasteiger partial charge in [0, 0.05) is 12.5 Å². The van der Waals surface area contributed by atoms with E-state index >= 15 is 0 Å². The molecule has 14 heavy (non-hydrogen) atoms.